The topological polar surface area (TPSA) is 60.0 Å². The van der Waals surface area contributed by atoms with E-state index in [2.05, 4.69) is 22.3 Å². The molecule has 6 nitrogen and oxygen atoms in total. The van der Waals surface area contributed by atoms with Crippen LogP contribution in [0.25, 0.3) is 0 Å². The molecular weight excluding hydrogens is 344 g/mol. The summed E-state index contributed by atoms with van der Waals surface area (Å²) in [7, 11) is 1.62. The Morgan fingerprint density at radius 3 is 2.70 bits per heavy atom. The zero-order valence-electron chi connectivity index (χ0n) is 15.4. The van der Waals surface area contributed by atoms with Crippen molar-refractivity contribution in [3.8, 4) is 17.2 Å². The van der Waals surface area contributed by atoms with Crippen molar-refractivity contribution in [2.24, 2.45) is 0 Å². The van der Waals surface area contributed by atoms with Gasteiger partial charge in [0, 0.05) is 11.7 Å². The highest BCUT2D eigenvalue weighted by Gasteiger charge is 2.28. The van der Waals surface area contributed by atoms with Gasteiger partial charge in [-0.2, -0.15) is 0 Å². The molecular formula is C21H24N2O4. The SMILES string of the molecule is COc1ccc(NC(=O)CN2CCC[C@H]2c2ccc3c(c2)OCCO3)cc1. The van der Waals surface area contributed by atoms with Crippen LogP contribution in [-0.2, 0) is 4.79 Å². The number of carbonyl (C=O) groups is 1. The number of hydrogen-bond donors (Lipinski definition) is 1. The number of carbonyl (C=O) groups excluding carboxylic acids is 1. The van der Waals surface area contributed by atoms with Gasteiger partial charge in [0.2, 0.25) is 5.91 Å². The molecule has 6 heteroatoms. The van der Waals surface area contributed by atoms with Crippen LogP contribution in [0.3, 0.4) is 0 Å². The summed E-state index contributed by atoms with van der Waals surface area (Å²) < 4.78 is 16.5. The molecule has 1 fully saturated rings. The maximum absolute atomic E-state index is 12.5. The van der Waals surface area contributed by atoms with E-state index in [4.69, 9.17) is 14.2 Å². The summed E-state index contributed by atoms with van der Waals surface area (Å²) in [6.07, 6.45) is 2.12. The quantitative estimate of drug-likeness (QED) is 0.878. The highest BCUT2D eigenvalue weighted by Crippen LogP contribution is 2.37. The fourth-order valence-electron chi connectivity index (χ4n) is 3.72. The number of likely N-dealkylation sites (tertiary alicyclic amines) is 1. The molecule has 4 rings (SSSR count). The minimum absolute atomic E-state index is 0.00962. The van der Waals surface area contributed by atoms with Gasteiger partial charge in [0.15, 0.2) is 11.5 Å². The highest BCUT2D eigenvalue weighted by molar-refractivity contribution is 5.92. The number of ether oxygens (including phenoxy) is 3. The highest BCUT2D eigenvalue weighted by atomic mass is 16.6. The van der Waals surface area contributed by atoms with Crippen molar-refractivity contribution in [3.05, 3.63) is 48.0 Å². The number of hydrogen-bond acceptors (Lipinski definition) is 5. The Labute approximate surface area is 159 Å². The molecule has 1 saturated heterocycles. The van der Waals surface area contributed by atoms with Gasteiger partial charge in [-0.25, -0.2) is 0 Å². The lowest BCUT2D eigenvalue weighted by Gasteiger charge is -2.26. The van der Waals surface area contributed by atoms with E-state index >= 15 is 0 Å². The van der Waals surface area contributed by atoms with E-state index in [0.717, 1.165) is 42.3 Å². The molecule has 0 spiro atoms. The van der Waals surface area contributed by atoms with Gasteiger partial charge in [0.25, 0.3) is 0 Å². The lowest BCUT2D eigenvalue weighted by atomic mass is 10.0. The molecule has 2 aliphatic rings. The van der Waals surface area contributed by atoms with Crippen LogP contribution in [0.4, 0.5) is 5.69 Å². The molecule has 1 atom stereocenters. The van der Waals surface area contributed by atoms with Gasteiger partial charge in [0.05, 0.1) is 13.7 Å². The third kappa shape index (κ3) is 4.01. The smallest absolute Gasteiger partial charge is 0.238 e. The molecule has 0 unspecified atom stereocenters. The summed E-state index contributed by atoms with van der Waals surface area (Å²) in [4.78, 5) is 14.7. The largest absolute Gasteiger partial charge is 0.497 e. The number of rotatable bonds is 5. The molecule has 0 aromatic heterocycles. The normalized spacial score (nSPS) is 18.9. The van der Waals surface area contributed by atoms with Crippen LogP contribution >= 0.6 is 0 Å². The van der Waals surface area contributed by atoms with E-state index in [1.807, 2.05) is 30.3 Å². The Kier molecular flexibility index (Phi) is 5.16. The van der Waals surface area contributed by atoms with Crippen LogP contribution in [0.15, 0.2) is 42.5 Å². The Balaban J connectivity index is 1.41. The van der Waals surface area contributed by atoms with E-state index in [1.165, 1.54) is 5.56 Å². The summed E-state index contributed by atoms with van der Waals surface area (Å²) >= 11 is 0. The van der Waals surface area contributed by atoms with Crippen molar-refractivity contribution < 1.29 is 19.0 Å². The number of nitrogens with one attached hydrogen (secondary N) is 1. The minimum atomic E-state index is -0.00962. The van der Waals surface area contributed by atoms with Gasteiger partial charge in [-0.15, -0.1) is 0 Å². The van der Waals surface area contributed by atoms with Crippen molar-refractivity contribution >= 4 is 11.6 Å². The third-order valence-corrected chi connectivity index (χ3v) is 5.04. The van der Waals surface area contributed by atoms with Gasteiger partial charge < -0.3 is 19.5 Å². The minimum Gasteiger partial charge on any atom is -0.497 e. The fraction of sp³-hybridized carbons (Fsp3) is 0.381. The lowest BCUT2D eigenvalue weighted by Crippen LogP contribution is -2.33. The zero-order chi connectivity index (χ0) is 18.6. The summed E-state index contributed by atoms with van der Waals surface area (Å²) in [5.41, 5.74) is 1.95. The first kappa shape index (κ1) is 17.7. The van der Waals surface area contributed by atoms with Crippen LogP contribution in [0.2, 0.25) is 0 Å². The Morgan fingerprint density at radius 2 is 1.93 bits per heavy atom. The predicted octanol–water partition coefficient (Wildman–Crippen LogP) is 3.24. The molecule has 1 amide bonds. The summed E-state index contributed by atoms with van der Waals surface area (Å²) in [5.74, 6) is 2.36. The number of anilines is 1. The molecule has 2 aromatic carbocycles. The van der Waals surface area contributed by atoms with Crippen LogP contribution in [0.5, 0.6) is 17.2 Å². The van der Waals surface area contributed by atoms with E-state index in [1.54, 1.807) is 7.11 Å². The van der Waals surface area contributed by atoms with Gasteiger partial charge in [0.1, 0.15) is 19.0 Å². The second-order valence-electron chi connectivity index (χ2n) is 6.81. The van der Waals surface area contributed by atoms with Crippen molar-refractivity contribution in [1.29, 1.82) is 0 Å². The number of amides is 1. The average molecular weight is 368 g/mol. The first-order chi connectivity index (χ1) is 13.2. The summed E-state index contributed by atoms with van der Waals surface area (Å²) in [6.45, 7) is 2.45. The van der Waals surface area contributed by atoms with E-state index < -0.39 is 0 Å². The van der Waals surface area contributed by atoms with E-state index in [-0.39, 0.29) is 11.9 Å². The predicted molar refractivity (Wildman–Crippen MR) is 103 cm³/mol. The molecule has 0 aliphatic carbocycles. The first-order valence-electron chi connectivity index (χ1n) is 9.30. The van der Waals surface area contributed by atoms with Gasteiger partial charge >= 0.3 is 0 Å². The van der Waals surface area contributed by atoms with Gasteiger partial charge in [-0.05, 0) is 61.3 Å². The number of nitrogens with zero attached hydrogens (tertiary/aromatic N) is 1. The average Bonchev–Trinajstić information content (AvgIpc) is 3.16. The zero-order valence-corrected chi connectivity index (χ0v) is 15.4. The van der Waals surface area contributed by atoms with Crippen LogP contribution in [0, 0.1) is 0 Å². The van der Waals surface area contributed by atoms with Crippen LogP contribution < -0.4 is 19.5 Å². The molecule has 0 bridgehead atoms. The van der Waals surface area contributed by atoms with Crippen LogP contribution in [0.1, 0.15) is 24.4 Å². The fourth-order valence-corrected chi connectivity index (χ4v) is 3.72. The summed E-state index contributed by atoms with van der Waals surface area (Å²) in [6, 6.07) is 13.7. The standard InChI is InChI=1S/C21H24N2O4/c1-25-17-7-5-16(6-8-17)22-21(24)14-23-10-2-3-18(23)15-4-9-19-20(13-15)27-12-11-26-19/h4-9,13,18H,2-3,10-12,14H2,1H3,(H,22,24)/t18-/m0/s1. The third-order valence-electron chi connectivity index (χ3n) is 5.04. The monoisotopic (exact) mass is 368 g/mol. The maximum atomic E-state index is 12.5. The van der Waals surface area contributed by atoms with Gasteiger partial charge in [-0.3, -0.25) is 9.69 Å². The number of benzene rings is 2. The van der Waals surface area contributed by atoms with E-state index in [0.29, 0.717) is 19.8 Å². The summed E-state index contributed by atoms with van der Waals surface area (Å²) in [5, 5.41) is 2.96. The molecule has 27 heavy (non-hydrogen) atoms. The lowest BCUT2D eigenvalue weighted by molar-refractivity contribution is -0.117. The molecule has 2 aliphatic heterocycles. The molecule has 2 heterocycles. The Hall–Kier alpha value is -2.73. The van der Waals surface area contributed by atoms with Crippen LogP contribution in [-0.4, -0.2) is 44.2 Å². The molecule has 0 saturated carbocycles. The van der Waals surface area contributed by atoms with Crippen molar-refractivity contribution in [2.45, 2.75) is 18.9 Å². The molecule has 2 aromatic rings. The van der Waals surface area contributed by atoms with E-state index in [9.17, 15) is 4.79 Å². The Morgan fingerprint density at radius 1 is 1.15 bits per heavy atom. The second-order valence-corrected chi connectivity index (χ2v) is 6.81. The van der Waals surface area contributed by atoms with Crippen molar-refractivity contribution in [3.63, 3.8) is 0 Å². The van der Waals surface area contributed by atoms with Crippen molar-refractivity contribution in [2.75, 3.05) is 38.7 Å². The molecule has 142 valence electrons. The maximum Gasteiger partial charge on any atom is 0.238 e. The number of methoxy groups -OCH3 is 1. The van der Waals surface area contributed by atoms with Crippen molar-refractivity contribution in [1.82, 2.24) is 4.90 Å². The first-order valence-corrected chi connectivity index (χ1v) is 9.30. The van der Waals surface area contributed by atoms with Gasteiger partial charge in [-0.1, -0.05) is 6.07 Å². The molecule has 1 N–H and O–H groups in total. The Bertz CT molecular complexity index is 806. The number of fused-ring (bicyclic) bond motifs is 1. The second kappa shape index (κ2) is 7.88. The molecule has 0 radical (unpaired) electrons.